The number of nitrogens with zero attached hydrogens (tertiary/aromatic N) is 3. The highest BCUT2D eigenvalue weighted by atomic mass is 35.5. The third kappa shape index (κ3) is 3.01. The summed E-state index contributed by atoms with van der Waals surface area (Å²) < 4.78 is 0. The first-order valence-electron chi connectivity index (χ1n) is 6.36. The molecule has 0 unspecified atom stereocenters. The molecule has 7 heteroatoms. The Morgan fingerprint density at radius 2 is 2.00 bits per heavy atom. The zero-order valence-electron chi connectivity index (χ0n) is 11.2. The van der Waals surface area contributed by atoms with Crippen molar-refractivity contribution in [2.45, 2.75) is 6.92 Å². The molecule has 1 aromatic rings. The molecule has 0 spiro atoms. The predicted octanol–water partition coefficient (Wildman–Crippen LogP) is 1.79. The molecule has 2 rings (SSSR count). The van der Waals surface area contributed by atoms with Gasteiger partial charge in [-0.05, 0) is 18.6 Å². The minimum atomic E-state index is -0.395. The first-order chi connectivity index (χ1) is 9.52. The third-order valence-electron chi connectivity index (χ3n) is 3.48. The van der Waals surface area contributed by atoms with Crippen molar-refractivity contribution in [2.24, 2.45) is 0 Å². The molecule has 1 aliphatic heterocycles. The molecule has 1 amide bonds. The number of carbonyl (C=O) groups is 1. The molecule has 0 atom stereocenters. The summed E-state index contributed by atoms with van der Waals surface area (Å²) in [5, 5.41) is 10.7. The van der Waals surface area contributed by atoms with Crippen LogP contribution in [-0.4, -0.2) is 47.8 Å². The Morgan fingerprint density at radius 1 is 1.35 bits per heavy atom. The average molecular weight is 298 g/mol. The van der Waals surface area contributed by atoms with E-state index < -0.39 is 4.92 Å². The van der Waals surface area contributed by atoms with E-state index in [4.69, 9.17) is 11.6 Å². The van der Waals surface area contributed by atoms with Crippen molar-refractivity contribution < 1.29 is 9.72 Å². The maximum Gasteiger partial charge on any atom is 0.269 e. The summed E-state index contributed by atoms with van der Waals surface area (Å²) in [7, 11) is 0. The number of piperazine rings is 1. The van der Waals surface area contributed by atoms with E-state index in [2.05, 4.69) is 4.90 Å². The van der Waals surface area contributed by atoms with Crippen LogP contribution in [0.15, 0.2) is 18.2 Å². The lowest BCUT2D eigenvalue weighted by Crippen LogP contribution is -2.49. The first-order valence-corrected chi connectivity index (χ1v) is 6.90. The number of anilines is 1. The van der Waals surface area contributed by atoms with Crippen LogP contribution in [0.4, 0.5) is 11.4 Å². The van der Waals surface area contributed by atoms with Crippen molar-refractivity contribution in [3.63, 3.8) is 0 Å². The molecule has 1 heterocycles. The Balaban J connectivity index is 2.07. The van der Waals surface area contributed by atoms with Gasteiger partial charge in [0.1, 0.15) is 5.88 Å². The number of nitro groups is 1. The number of non-ortho nitro benzene ring substituents is 1. The van der Waals surface area contributed by atoms with Gasteiger partial charge in [-0.1, -0.05) is 0 Å². The summed E-state index contributed by atoms with van der Waals surface area (Å²) in [6, 6.07) is 4.86. The van der Waals surface area contributed by atoms with Gasteiger partial charge in [0.05, 0.1) is 4.92 Å². The van der Waals surface area contributed by atoms with Gasteiger partial charge in [-0.2, -0.15) is 0 Å². The smallest absolute Gasteiger partial charge is 0.269 e. The molecule has 0 saturated carbocycles. The van der Waals surface area contributed by atoms with Crippen molar-refractivity contribution in [1.82, 2.24) is 4.90 Å². The number of hydrogen-bond acceptors (Lipinski definition) is 4. The van der Waals surface area contributed by atoms with E-state index in [9.17, 15) is 14.9 Å². The van der Waals surface area contributed by atoms with E-state index in [0.717, 1.165) is 11.3 Å². The van der Waals surface area contributed by atoms with Gasteiger partial charge in [-0.15, -0.1) is 11.6 Å². The third-order valence-corrected chi connectivity index (χ3v) is 3.71. The van der Waals surface area contributed by atoms with Crippen LogP contribution < -0.4 is 4.90 Å². The lowest BCUT2D eigenvalue weighted by molar-refractivity contribution is -0.384. The van der Waals surface area contributed by atoms with Crippen LogP contribution in [-0.2, 0) is 4.79 Å². The quantitative estimate of drug-likeness (QED) is 0.485. The molecule has 20 heavy (non-hydrogen) atoms. The topological polar surface area (TPSA) is 66.7 Å². The second kappa shape index (κ2) is 6.09. The first kappa shape index (κ1) is 14.6. The summed E-state index contributed by atoms with van der Waals surface area (Å²) in [6.45, 7) is 4.53. The van der Waals surface area contributed by atoms with Crippen LogP contribution in [0.3, 0.4) is 0 Å². The Labute approximate surface area is 122 Å². The molecule has 1 saturated heterocycles. The highest BCUT2D eigenvalue weighted by Gasteiger charge is 2.22. The Kier molecular flexibility index (Phi) is 4.44. The van der Waals surface area contributed by atoms with Crippen LogP contribution in [0, 0.1) is 17.0 Å². The maximum atomic E-state index is 11.5. The Hall–Kier alpha value is -1.82. The number of benzene rings is 1. The molecular formula is C13H16ClN3O3. The van der Waals surface area contributed by atoms with Gasteiger partial charge in [0, 0.05) is 44.0 Å². The van der Waals surface area contributed by atoms with Crippen molar-refractivity contribution in [3.8, 4) is 0 Å². The molecule has 0 aliphatic carbocycles. The summed E-state index contributed by atoms with van der Waals surface area (Å²) in [4.78, 5) is 25.7. The zero-order valence-corrected chi connectivity index (χ0v) is 12.0. The predicted molar refractivity (Wildman–Crippen MR) is 77.3 cm³/mol. The van der Waals surface area contributed by atoms with Crippen LogP contribution in [0.5, 0.6) is 0 Å². The maximum absolute atomic E-state index is 11.5. The van der Waals surface area contributed by atoms with Gasteiger partial charge in [0.2, 0.25) is 5.91 Å². The van der Waals surface area contributed by atoms with Crippen molar-refractivity contribution in [1.29, 1.82) is 0 Å². The van der Waals surface area contributed by atoms with Crippen LogP contribution in [0.2, 0.25) is 0 Å². The van der Waals surface area contributed by atoms with Gasteiger partial charge in [0.15, 0.2) is 0 Å². The number of amides is 1. The number of nitro benzene ring substituents is 1. The lowest BCUT2D eigenvalue weighted by Gasteiger charge is -2.36. The van der Waals surface area contributed by atoms with Gasteiger partial charge >= 0.3 is 0 Å². The van der Waals surface area contributed by atoms with Gasteiger partial charge < -0.3 is 9.80 Å². The monoisotopic (exact) mass is 297 g/mol. The number of halogens is 1. The Bertz CT molecular complexity index is 528. The molecule has 0 bridgehead atoms. The summed E-state index contributed by atoms with van der Waals surface area (Å²) in [6.07, 6.45) is 0. The van der Waals surface area contributed by atoms with Gasteiger partial charge in [0.25, 0.3) is 5.69 Å². The second-order valence-corrected chi connectivity index (χ2v) is 5.00. The largest absolute Gasteiger partial charge is 0.368 e. The van der Waals surface area contributed by atoms with Crippen molar-refractivity contribution >= 4 is 28.9 Å². The SMILES string of the molecule is Cc1cc([N+](=O)[O-])ccc1N1CCN(C(=O)CCl)CC1. The fourth-order valence-electron chi connectivity index (χ4n) is 2.39. The molecule has 0 radical (unpaired) electrons. The minimum Gasteiger partial charge on any atom is -0.368 e. The molecule has 6 nitrogen and oxygen atoms in total. The van der Waals surface area contributed by atoms with Gasteiger partial charge in [-0.25, -0.2) is 0 Å². The average Bonchev–Trinajstić information content (AvgIpc) is 2.46. The standard InChI is InChI=1S/C13H16ClN3O3/c1-10-8-11(17(19)20)2-3-12(10)15-4-6-16(7-5-15)13(18)9-14/h2-3,8H,4-7,9H2,1H3. The van der Waals surface area contributed by atoms with Gasteiger partial charge in [-0.3, -0.25) is 14.9 Å². The molecule has 1 aliphatic rings. The second-order valence-electron chi connectivity index (χ2n) is 4.73. The van der Waals surface area contributed by atoms with Crippen molar-refractivity contribution in [3.05, 3.63) is 33.9 Å². The molecule has 0 aromatic heterocycles. The molecular weight excluding hydrogens is 282 g/mol. The van der Waals surface area contributed by atoms with E-state index in [1.807, 2.05) is 6.92 Å². The van der Waals surface area contributed by atoms with E-state index in [-0.39, 0.29) is 17.5 Å². The van der Waals surface area contributed by atoms with E-state index in [0.29, 0.717) is 26.2 Å². The number of alkyl halides is 1. The molecule has 1 fully saturated rings. The lowest BCUT2D eigenvalue weighted by atomic mass is 10.1. The highest BCUT2D eigenvalue weighted by molar-refractivity contribution is 6.27. The van der Waals surface area contributed by atoms with Crippen LogP contribution in [0.25, 0.3) is 0 Å². The number of hydrogen-bond donors (Lipinski definition) is 0. The highest BCUT2D eigenvalue weighted by Crippen LogP contribution is 2.25. The Morgan fingerprint density at radius 3 is 2.50 bits per heavy atom. The summed E-state index contributed by atoms with van der Waals surface area (Å²) >= 11 is 5.54. The fraction of sp³-hybridized carbons (Fsp3) is 0.462. The number of carbonyl (C=O) groups excluding carboxylic acids is 1. The summed E-state index contributed by atoms with van der Waals surface area (Å²) in [5.74, 6) is -0.0388. The molecule has 108 valence electrons. The number of aryl methyl sites for hydroxylation is 1. The van der Waals surface area contributed by atoms with Crippen molar-refractivity contribution in [2.75, 3.05) is 37.0 Å². The summed E-state index contributed by atoms with van der Waals surface area (Å²) in [5.41, 5.74) is 1.95. The number of rotatable bonds is 3. The van der Waals surface area contributed by atoms with E-state index in [1.165, 1.54) is 6.07 Å². The fourth-order valence-corrected chi connectivity index (χ4v) is 2.56. The van der Waals surface area contributed by atoms with E-state index >= 15 is 0 Å². The van der Waals surface area contributed by atoms with E-state index in [1.54, 1.807) is 17.0 Å². The minimum absolute atomic E-state index is 0.0105. The molecule has 0 N–H and O–H groups in total. The molecule has 1 aromatic carbocycles. The normalized spacial score (nSPS) is 15.3. The van der Waals surface area contributed by atoms with Crippen LogP contribution in [0.1, 0.15) is 5.56 Å². The zero-order chi connectivity index (χ0) is 14.7. The van der Waals surface area contributed by atoms with Crippen LogP contribution >= 0.6 is 11.6 Å².